The van der Waals surface area contributed by atoms with Gasteiger partial charge < -0.3 is 5.32 Å². The number of benzene rings is 1. The van der Waals surface area contributed by atoms with Gasteiger partial charge in [-0.25, -0.2) is 0 Å². The molecule has 1 amide bonds. The molecule has 1 aliphatic heterocycles. The van der Waals surface area contributed by atoms with Gasteiger partial charge >= 0.3 is 0 Å². The van der Waals surface area contributed by atoms with Gasteiger partial charge in [-0.2, -0.15) is 0 Å². The Hall–Kier alpha value is -1.06. The number of piperidine rings is 1. The van der Waals surface area contributed by atoms with Crippen molar-refractivity contribution in [2.75, 3.05) is 11.9 Å². The Morgan fingerprint density at radius 3 is 2.35 bits per heavy atom. The van der Waals surface area contributed by atoms with E-state index in [1.165, 1.54) is 17.5 Å². The highest BCUT2D eigenvalue weighted by molar-refractivity contribution is 5.95. The normalized spacial score (nSPS) is 18.6. The minimum absolute atomic E-state index is 0. The number of nitrogens with zero attached hydrogens (tertiary/aromatic N) is 1. The number of anilines is 1. The van der Waals surface area contributed by atoms with Crippen LogP contribution in [0.2, 0.25) is 0 Å². The van der Waals surface area contributed by atoms with Gasteiger partial charge in [-0.1, -0.05) is 26.3 Å². The summed E-state index contributed by atoms with van der Waals surface area (Å²) in [6, 6.07) is 6.78. The molecular formula is C19H31ClN2O. The second kappa shape index (κ2) is 9.29. The van der Waals surface area contributed by atoms with Crippen molar-refractivity contribution in [1.29, 1.82) is 0 Å². The zero-order chi connectivity index (χ0) is 16.1. The molecule has 0 unspecified atom stereocenters. The van der Waals surface area contributed by atoms with Crippen molar-refractivity contribution in [2.45, 2.75) is 71.9 Å². The Kier molecular flexibility index (Phi) is 8.07. The Bertz CT molecular complexity index is 494. The molecule has 1 fully saturated rings. The Morgan fingerprint density at radius 2 is 1.78 bits per heavy atom. The smallest absolute Gasteiger partial charge is 0.241 e. The van der Waals surface area contributed by atoms with E-state index in [2.05, 4.69) is 56.1 Å². The summed E-state index contributed by atoms with van der Waals surface area (Å²) in [6.45, 7) is 9.64. The summed E-state index contributed by atoms with van der Waals surface area (Å²) in [6.07, 6.45) is 5.58. The molecule has 1 heterocycles. The maximum atomic E-state index is 12.8. The van der Waals surface area contributed by atoms with Crippen molar-refractivity contribution in [3.05, 3.63) is 29.3 Å². The van der Waals surface area contributed by atoms with Gasteiger partial charge in [0.2, 0.25) is 5.91 Å². The summed E-state index contributed by atoms with van der Waals surface area (Å²) in [5, 5.41) is 3.15. The van der Waals surface area contributed by atoms with E-state index in [1.54, 1.807) is 0 Å². The number of likely N-dealkylation sites (tertiary alicyclic amines) is 1. The van der Waals surface area contributed by atoms with Crippen LogP contribution in [0.4, 0.5) is 5.69 Å². The topological polar surface area (TPSA) is 32.3 Å². The largest absolute Gasteiger partial charge is 0.325 e. The first-order valence-electron chi connectivity index (χ1n) is 8.70. The second-order valence-corrected chi connectivity index (χ2v) is 6.59. The maximum Gasteiger partial charge on any atom is 0.241 e. The van der Waals surface area contributed by atoms with Crippen LogP contribution >= 0.6 is 12.4 Å². The minimum atomic E-state index is 0. The lowest BCUT2D eigenvalue weighted by atomic mass is 9.97. The first-order chi connectivity index (χ1) is 10.5. The number of amides is 1. The van der Waals surface area contributed by atoms with Crippen molar-refractivity contribution in [2.24, 2.45) is 0 Å². The molecule has 130 valence electrons. The van der Waals surface area contributed by atoms with Crippen LogP contribution in [0.3, 0.4) is 0 Å². The Labute approximate surface area is 147 Å². The average molecular weight is 339 g/mol. The SMILES string of the molecule is CCC(CC)N1CCCC[C@H]1C(=O)Nc1cc(C)cc(C)c1.Cl. The van der Waals surface area contributed by atoms with Gasteiger partial charge in [-0.3, -0.25) is 9.69 Å². The van der Waals surface area contributed by atoms with Gasteiger partial charge in [0.1, 0.15) is 0 Å². The van der Waals surface area contributed by atoms with Crippen LogP contribution in [0.1, 0.15) is 57.1 Å². The zero-order valence-corrected chi connectivity index (χ0v) is 15.7. The molecule has 1 aliphatic rings. The molecular weight excluding hydrogens is 308 g/mol. The number of aryl methyl sites for hydroxylation is 2. The molecule has 0 radical (unpaired) electrons. The molecule has 4 heteroatoms. The van der Waals surface area contributed by atoms with Crippen molar-refractivity contribution >= 4 is 24.0 Å². The summed E-state index contributed by atoms with van der Waals surface area (Å²) < 4.78 is 0. The summed E-state index contributed by atoms with van der Waals surface area (Å²) in [5.41, 5.74) is 3.31. The van der Waals surface area contributed by atoms with E-state index in [-0.39, 0.29) is 24.4 Å². The first-order valence-corrected chi connectivity index (χ1v) is 8.70. The van der Waals surface area contributed by atoms with E-state index in [0.29, 0.717) is 6.04 Å². The minimum Gasteiger partial charge on any atom is -0.325 e. The van der Waals surface area contributed by atoms with Crippen LogP contribution in [0.5, 0.6) is 0 Å². The number of rotatable bonds is 5. The molecule has 1 saturated heterocycles. The number of nitrogens with one attached hydrogen (secondary N) is 1. The van der Waals surface area contributed by atoms with E-state index in [1.807, 2.05) is 0 Å². The van der Waals surface area contributed by atoms with Gasteiger partial charge in [0.15, 0.2) is 0 Å². The number of halogens is 1. The van der Waals surface area contributed by atoms with Crippen LogP contribution < -0.4 is 5.32 Å². The Balaban J connectivity index is 0.00000264. The maximum absolute atomic E-state index is 12.8. The molecule has 1 aromatic carbocycles. The van der Waals surface area contributed by atoms with E-state index < -0.39 is 0 Å². The van der Waals surface area contributed by atoms with Crippen molar-refractivity contribution < 1.29 is 4.79 Å². The molecule has 23 heavy (non-hydrogen) atoms. The first kappa shape index (κ1) is 20.0. The standard InChI is InChI=1S/C19H30N2O.ClH/c1-5-17(6-2)21-10-8-7-9-18(21)19(22)20-16-12-14(3)11-15(4)13-16;/h11-13,17-18H,5-10H2,1-4H3,(H,20,22);1H/t18-;/m0./s1. The summed E-state index contributed by atoms with van der Waals surface area (Å²) in [7, 11) is 0. The molecule has 0 aliphatic carbocycles. The van der Waals surface area contributed by atoms with Gasteiger partial charge in [0, 0.05) is 11.7 Å². The highest BCUT2D eigenvalue weighted by Gasteiger charge is 2.32. The fraction of sp³-hybridized carbons (Fsp3) is 0.632. The Morgan fingerprint density at radius 1 is 1.17 bits per heavy atom. The van der Waals surface area contributed by atoms with E-state index >= 15 is 0 Å². The molecule has 0 saturated carbocycles. The number of carbonyl (C=O) groups is 1. The zero-order valence-electron chi connectivity index (χ0n) is 14.9. The van der Waals surface area contributed by atoms with Crippen molar-refractivity contribution in [3.63, 3.8) is 0 Å². The van der Waals surface area contributed by atoms with Crippen LogP contribution in [0.15, 0.2) is 18.2 Å². The second-order valence-electron chi connectivity index (χ2n) is 6.59. The summed E-state index contributed by atoms with van der Waals surface area (Å²) in [5.74, 6) is 0.164. The predicted octanol–water partition coefficient (Wildman–Crippen LogP) is 4.71. The highest BCUT2D eigenvalue weighted by atomic mass is 35.5. The van der Waals surface area contributed by atoms with Crippen LogP contribution in [0.25, 0.3) is 0 Å². The third-order valence-electron chi connectivity index (χ3n) is 4.75. The van der Waals surface area contributed by atoms with Crippen molar-refractivity contribution in [3.8, 4) is 0 Å². The van der Waals surface area contributed by atoms with Gasteiger partial charge in [-0.15, -0.1) is 12.4 Å². The number of hydrogen-bond donors (Lipinski definition) is 1. The lowest BCUT2D eigenvalue weighted by molar-refractivity contribution is -0.123. The molecule has 2 rings (SSSR count). The molecule has 1 N–H and O–H groups in total. The van der Waals surface area contributed by atoms with Gasteiger partial charge in [0.25, 0.3) is 0 Å². The molecule has 0 spiro atoms. The molecule has 0 aromatic heterocycles. The predicted molar refractivity (Wildman–Crippen MR) is 101 cm³/mol. The summed E-state index contributed by atoms with van der Waals surface area (Å²) in [4.78, 5) is 15.2. The lowest BCUT2D eigenvalue weighted by Crippen LogP contribution is -2.51. The number of carbonyl (C=O) groups excluding carboxylic acids is 1. The fourth-order valence-electron chi connectivity index (χ4n) is 3.70. The van der Waals surface area contributed by atoms with Crippen molar-refractivity contribution in [1.82, 2.24) is 4.90 Å². The molecule has 1 atom stereocenters. The van der Waals surface area contributed by atoms with E-state index in [9.17, 15) is 4.79 Å². The van der Waals surface area contributed by atoms with Crippen LogP contribution in [0, 0.1) is 13.8 Å². The van der Waals surface area contributed by atoms with Gasteiger partial charge in [0.05, 0.1) is 6.04 Å². The molecule has 3 nitrogen and oxygen atoms in total. The number of hydrogen-bond acceptors (Lipinski definition) is 2. The van der Waals surface area contributed by atoms with Gasteiger partial charge in [-0.05, 0) is 69.3 Å². The molecule has 1 aromatic rings. The lowest BCUT2D eigenvalue weighted by Gasteiger charge is -2.39. The van der Waals surface area contributed by atoms with Crippen LogP contribution in [-0.4, -0.2) is 29.4 Å². The fourth-order valence-corrected chi connectivity index (χ4v) is 3.70. The van der Waals surface area contributed by atoms with E-state index in [4.69, 9.17) is 0 Å². The van der Waals surface area contributed by atoms with Crippen LogP contribution in [-0.2, 0) is 4.79 Å². The van der Waals surface area contributed by atoms with E-state index in [0.717, 1.165) is 37.9 Å². The quantitative estimate of drug-likeness (QED) is 0.843. The third kappa shape index (κ3) is 5.22. The highest BCUT2D eigenvalue weighted by Crippen LogP contribution is 2.24. The monoisotopic (exact) mass is 338 g/mol. The summed E-state index contributed by atoms with van der Waals surface area (Å²) >= 11 is 0. The molecule has 0 bridgehead atoms. The third-order valence-corrected chi connectivity index (χ3v) is 4.75. The average Bonchev–Trinajstić information content (AvgIpc) is 2.48.